The number of hydrogen-bond donors (Lipinski definition) is 0. The Bertz CT molecular complexity index is 970. The Kier molecular flexibility index (Phi) is 6.21. The van der Waals surface area contributed by atoms with Crippen LogP contribution in [-0.4, -0.2) is 71.8 Å². The number of piperidine rings is 1. The molecule has 3 aliphatic rings. The van der Waals surface area contributed by atoms with Gasteiger partial charge in [-0.25, -0.2) is 9.97 Å². The predicted octanol–water partition coefficient (Wildman–Crippen LogP) is 2.64. The summed E-state index contributed by atoms with van der Waals surface area (Å²) in [6, 6.07) is 3.76. The molecule has 0 spiro atoms. The molecule has 2 saturated heterocycles. The van der Waals surface area contributed by atoms with Gasteiger partial charge in [0.1, 0.15) is 23.4 Å². The number of likely N-dealkylation sites (N-methyl/N-ethyl adjacent to an activating group) is 1. The van der Waals surface area contributed by atoms with Gasteiger partial charge in [-0.15, -0.1) is 0 Å². The summed E-state index contributed by atoms with van der Waals surface area (Å²) >= 11 is 0. The number of likely N-dealkylation sites (tertiary alicyclic amines) is 1. The summed E-state index contributed by atoms with van der Waals surface area (Å²) in [5.74, 6) is 2.37. The van der Waals surface area contributed by atoms with Gasteiger partial charge in [0.15, 0.2) is 5.82 Å². The molecule has 0 radical (unpaired) electrons. The molecule has 5 rings (SSSR count). The number of fused-ring (bicyclic) bond motifs is 1. The fourth-order valence-electron chi connectivity index (χ4n) is 4.77. The number of nitrogens with zero attached hydrogens (tertiary/aromatic N) is 5. The molecule has 4 heterocycles. The van der Waals surface area contributed by atoms with Crippen LogP contribution in [-0.2, 0) is 22.4 Å². The fraction of sp³-hybridized carbons (Fsp3) is 0.583. The van der Waals surface area contributed by atoms with Gasteiger partial charge in [-0.3, -0.25) is 9.78 Å². The molecular weight excluding hydrogens is 406 g/mol. The van der Waals surface area contributed by atoms with Crippen molar-refractivity contribution in [1.29, 1.82) is 0 Å². The number of rotatable bonds is 6. The zero-order chi connectivity index (χ0) is 21.9. The van der Waals surface area contributed by atoms with Gasteiger partial charge in [0.25, 0.3) is 0 Å². The summed E-state index contributed by atoms with van der Waals surface area (Å²) in [4.78, 5) is 31.1. The zero-order valence-corrected chi connectivity index (χ0v) is 18.8. The highest BCUT2D eigenvalue weighted by Crippen LogP contribution is 2.31. The molecule has 2 fully saturated rings. The van der Waals surface area contributed by atoms with Crippen molar-refractivity contribution in [1.82, 2.24) is 19.9 Å². The fourth-order valence-corrected chi connectivity index (χ4v) is 4.77. The molecule has 32 heavy (non-hydrogen) atoms. The first-order valence-electron chi connectivity index (χ1n) is 11.8. The van der Waals surface area contributed by atoms with E-state index in [0.717, 1.165) is 75.5 Å². The molecule has 1 amide bonds. The minimum Gasteiger partial charge on any atom is -0.488 e. The molecule has 170 valence electrons. The Morgan fingerprint density at radius 1 is 1.22 bits per heavy atom. The maximum absolute atomic E-state index is 12.8. The van der Waals surface area contributed by atoms with Gasteiger partial charge in [-0.05, 0) is 44.6 Å². The van der Waals surface area contributed by atoms with Crippen molar-refractivity contribution in [3.8, 4) is 17.3 Å². The monoisotopic (exact) mass is 437 g/mol. The zero-order valence-electron chi connectivity index (χ0n) is 18.8. The number of anilines is 1. The lowest BCUT2D eigenvalue weighted by Crippen LogP contribution is -2.42. The summed E-state index contributed by atoms with van der Waals surface area (Å²) in [7, 11) is 1.96. The van der Waals surface area contributed by atoms with Gasteiger partial charge in [0.2, 0.25) is 5.91 Å². The molecule has 1 atom stereocenters. The van der Waals surface area contributed by atoms with E-state index in [2.05, 4.69) is 4.98 Å². The second kappa shape index (κ2) is 9.40. The molecule has 2 aromatic heterocycles. The lowest BCUT2D eigenvalue weighted by atomic mass is 10.1. The molecule has 8 nitrogen and oxygen atoms in total. The maximum Gasteiger partial charge on any atom is 0.242 e. The Labute approximate surface area is 189 Å². The third kappa shape index (κ3) is 4.55. The van der Waals surface area contributed by atoms with Gasteiger partial charge in [0, 0.05) is 50.1 Å². The van der Waals surface area contributed by atoms with Crippen molar-refractivity contribution in [3.63, 3.8) is 0 Å². The number of aromatic nitrogens is 3. The summed E-state index contributed by atoms with van der Waals surface area (Å²) in [6.45, 7) is 3.42. The van der Waals surface area contributed by atoms with Crippen LogP contribution < -0.4 is 9.64 Å². The van der Waals surface area contributed by atoms with Gasteiger partial charge in [0.05, 0.1) is 19.8 Å². The van der Waals surface area contributed by atoms with Crippen LogP contribution in [0.15, 0.2) is 18.3 Å². The van der Waals surface area contributed by atoms with E-state index in [-0.39, 0.29) is 12.0 Å². The van der Waals surface area contributed by atoms with E-state index < -0.39 is 0 Å². The third-order valence-corrected chi connectivity index (χ3v) is 6.51. The normalized spacial score (nSPS) is 20.3. The standard InChI is InChI=1S/C24H31N5O3/c1-28(15-22(30)29-11-3-2-4-12-29)24-19-6-5-7-20(19)26-23(27-24)21-14-17(8-10-25-21)32-18-9-13-31-16-18/h8,10,14,18H,2-7,9,11-13,15-16H2,1H3/t18-/m0/s1. The molecule has 0 unspecified atom stereocenters. The summed E-state index contributed by atoms with van der Waals surface area (Å²) < 4.78 is 11.5. The summed E-state index contributed by atoms with van der Waals surface area (Å²) in [5.41, 5.74) is 2.92. The predicted molar refractivity (Wildman–Crippen MR) is 121 cm³/mol. The second-order valence-corrected chi connectivity index (χ2v) is 8.93. The van der Waals surface area contributed by atoms with Crippen LogP contribution >= 0.6 is 0 Å². The number of hydrogen-bond acceptors (Lipinski definition) is 7. The summed E-state index contributed by atoms with van der Waals surface area (Å²) in [6.07, 6.45) is 9.06. The Balaban J connectivity index is 1.39. The van der Waals surface area contributed by atoms with Gasteiger partial charge in [-0.1, -0.05) is 0 Å². The average molecular weight is 438 g/mol. The van der Waals surface area contributed by atoms with Crippen LogP contribution in [0.2, 0.25) is 0 Å². The van der Waals surface area contributed by atoms with E-state index >= 15 is 0 Å². The first kappa shape index (κ1) is 21.1. The molecule has 0 saturated carbocycles. The molecule has 2 aliphatic heterocycles. The van der Waals surface area contributed by atoms with Crippen LogP contribution in [0, 0.1) is 0 Å². The highest BCUT2D eigenvalue weighted by Gasteiger charge is 2.25. The van der Waals surface area contributed by atoms with E-state index in [1.807, 2.05) is 29.0 Å². The SMILES string of the molecule is CN(CC(=O)N1CCCCC1)c1nc(-c2cc(O[C@H]3CCOC3)ccn2)nc2c1CCC2. The quantitative estimate of drug-likeness (QED) is 0.687. The first-order valence-corrected chi connectivity index (χ1v) is 11.8. The largest absolute Gasteiger partial charge is 0.488 e. The highest BCUT2D eigenvalue weighted by atomic mass is 16.5. The average Bonchev–Trinajstić information content (AvgIpc) is 3.51. The number of pyridine rings is 1. The number of carbonyl (C=O) groups is 1. The lowest BCUT2D eigenvalue weighted by Gasteiger charge is -2.29. The van der Waals surface area contributed by atoms with Crippen molar-refractivity contribution in [2.75, 3.05) is 44.8 Å². The first-order chi connectivity index (χ1) is 15.7. The van der Waals surface area contributed by atoms with Crippen molar-refractivity contribution >= 4 is 11.7 Å². The number of carbonyl (C=O) groups excluding carboxylic acids is 1. The topological polar surface area (TPSA) is 80.7 Å². The molecule has 0 N–H and O–H groups in total. The van der Waals surface area contributed by atoms with Crippen molar-refractivity contribution in [2.45, 2.75) is 51.0 Å². The van der Waals surface area contributed by atoms with Crippen LogP contribution in [0.1, 0.15) is 43.4 Å². The van der Waals surface area contributed by atoms with E-state index in [1.54, 1.807) is 6.20 Å². The highest BCUT2D eigenvalue weighted by molar-refractivity contribution is 5.81. The van der Waals surface area contributed by atoms with Crippen LogP contribution in [0.25, 0.3) is 11.5 Å². The molecule has 1 aliphatic carbocycles. The van der Waals surface area contributed by atoms with Crippen molar-refractivity contribution < 1.29 is 14.3 Å². The Hall–Kier alpha value is -2.74. The van der Waals surface area contributed by atoms with E-state index in [9.17, 15) is 4.79 Å². The molecule has 0 aromatic carbocycles. The number of amides is 1. The number of aryl methyl sites for hydroxylation is 1. The molecule has 0 bridgehead atoms. The van der Waals surface area contributed by atoms with E-state index in [0.29, 0.717) is 24.7 Å². The van der Waals surface area contributed by atoms with Crippen LogP contribution in [0.4, 0.5) is 5.82 Å². The minimum atomic E-state index is 0.0775. The Morgan fingerprint density at radius 2 is 2.09 bits per heavy atom. The van der Waals surface area contributed by atoms with Gasteiger partial charge < -0.3 is 19.3 Å². The summed E-state index contributed by atoms with van der Waals surface area (Å²) in [5, 5.41) is 0. The second-order valence-electron chi connectivity index (χ2n) is 8.93. The third-order valence-electron chi connectivity index (χ3n) is 6.51. The molecular formula is C24H31N5O3. The minimum absolute atomic E-state index is 0.0775. The maximum atomic E-state index is 12.8. The van der Waals surface area contributed by atoms with Gasteiger partial charge in [-0.2, -0.15) is 0 Å². The molecule has 2 aromatic rings. The van der Waals surface area contributed by atoms with Crippen molar-refractivity contribution in [2.24, 2.45) is 0 Å². The van der Waals surface area contributed by atoms with E-state index in [4.69, 9.17) is 19.4 Å². The van der Waals surface area contributed by atoms with E-state index in [1.165, 1.54) is 12.0 Å². The lowest BCUT2D eigenvalue weighted by molar-refractivity contribution is -0.130. The molecule has 8 heteroatoms. The number of ether oxygens (including phenoxy) is 2. The Morgan fingerprint density at radius 3 is 2.91 bits per heavy atom. The smallest absolute Gasteiger partial charge is 0.242 e. The van der Waals surface area contributed by atoms with Crippen LogP contribution in [0.5, 0.6) is 5.75 Å². The van der Waals surface area contributed by atoms with Crippen molar-refractivity contribution in [3.05, 3.63) is 29.6 Å². The van der Waals surface area contributed by atoms with Crippen LogP contribution in [0.3, 0.4) is 0 Å². The van der Waals surface area contributed by atoms with Gasteiger partial charge >= 0.3 is 0 Å².